The topological polar surface area (TPSA) is 89.8 Å². The molecule has 2 N–H and O–H groups in total. The molecule has 0 saturated heterocycles. The molecule has 7 heteroatoms. The number of esters is 1. The molecule has 0 aliphatic rings. The first kappa shape index (κ1) is 21.2. The third-order valence-electron chi connectivity index (χ3n) is 4.54. The molecule has 0 radical (unpaired) electrons. The van der Waals surface area contributed by atoms with E-state index in [1.54, 1.807) is 24.3 Å². The second-order valence-corrected chi connectivity index (χ2v) is 7.86. The molecular weight excluding hydrogens is 384 g/mol. The van der Waals surface area contributed by atoms with Crippen LogP contribution in [0.3, 0.4) is 0 Å². The van der Waals surface area contributed by atoms with Crippen molar-refractivity contribution in [1.29, 1.82) is 0 Å². The first-order chi connectivity index (χ1) is 14.3. The van der Waals surface area contributed by atoms with E-state index in [9.17, 15) is 9.59 Å². The number of fused-ring (bicyclic) bond motifs is 1. The fourth-order valence-corrected chi connectivity index (χ4v) is 2.88. The Kier molecular flexibility index (Phi) is 6.30. The first-order valence-corrected chi connectivity index (χ1v) is 9.66. The number of rotatable bonds is 6. The third kappa shape index (κ3) is 5.31. The molecule has 30 heavy (non-hydrogen) atoms. The second-order valence-electron chi connectivity index (χ2n) is 7.86. The lowest BCUT2D eigenvalue weighted by Gasteiger charge is -2.19. The van der Waals surface area contributed by atoms with E-state index in [2.05, 4.69) is 36.1 Å². The average Bonchev–Trinajstić information content (AvgIpc) is 3.14. The molecule has 2 aromatic carbocycles. The molecule has 0 unspecified atom stereocenters. The van der Waals surface area contributed by atoms with Crippen LogP contribution in [0.5, 0.6) is 5.75 Å². The Bertz CT molecular complexity index is 1030. The summed E-state index contributed by atoms with van der Waals surface area (Å²) in [4.78, 5) is 23.6. The summed E-state index contributed by atoms with van der Waals surface area (Å²) >= 11 is 0. The molecule has 1 aromatic heterocycles. The molecule has 0 fully saturated rings. The highest BCUT2D eigenvalue weighted by Crippen LogP contribution is 2.25. The number of hydrogen-bond acceptors (Lipinski definition) is 5. The number of urea groups is 1. The Morgan fingerprint density at radius 1 is 1.03 bits per heavy atom. The van der Waals surface area contributed by atoms with Crippen molar-refractivity contribution in [3.05, 3.63) is 59.9 Å². The summed E-state index contributed by atoms with van der Waals surface area (Å²) in [5.41, 5.74) is 2.45. The van der Waals surface area contributed by atoms with Crippen molar-refractivity contribution in [2.75, 3.05) is 25.6 Å². The predicted octanol–water partition coefficient (Wildman–Crippen LogP) is 4.72. The van der Waals surface area contributed by atoms with Crippen LogP contribution in [-0.2, 0) is 10.2 Å². The Morgan fingerprint density at radius 2 is 1.77 bits per heavy atom. The van der Waals surface area contributed by atoms with Gasteiger partial charge in [0, 0.05) is 11.1 Å². The normalized spacial score (nSPS) is 11.2. The zero-order chi connectivity index (χ0) is 21.7. The Balaban J connectivity index is 1.47. The van der Waals surface area contributed by atoms with Crippen molar-refractivity contribution in [1.82, 2.24) is 5.32 Å². The highest BCUT2D eigenvalue weighted by molar-refractivity contribution is 5.95. The molecular formula is C23H26N2O5. The van der Waals surface area contributed by atoms with Crippen LogP contribution in [0, 0.1) is 0 Å². The Hall–Kier alpha value is -3.48. The zero-order valence-electron chi connectivity index (χ0n) is 17.6. The maximum Gasteiger partial charge on any atom is 0.373 e. The van der Waals surface area contributed by atoms with Gasteiger partial charge < -0.3 is 24.5 Å². The Morgan fingerprint density at radius 3 is 2.43 bits per heavy atom. The smallest absolute Gasteiger partial charge is 0.373 e. The summed E-state index contributed by atoms with van der Waals surface area (Å²) in [6, 6.07) is 14.3. The number of furan rings is 1. The monoisotopic (exact) mass is 410 g/mol. The Labute approximate surface area is 175 Å². The van der Waals surface area contributed by atoms with E-state index in [4.69, 9.17) is 9.15 Å². The van der Waals surface area contributed by atoms with Crippen molar-refractivity contribution in [2.24, 2.45) is 0 Å². The molecule has 0 bridgehead atoms. The largest absolute Gasteiger partial charge is 0.492 e. The number of methoxy groups -OCH3 is 1. The van der Waals surface area contributed by atoms with Crippen LogP contribution < -0.4 is 15.4 Å². The molecule has 1 heterocycles. The molecule has 3 aromatic rings. The molecule has 0 aliphatic carbocycles. The van der Waals surface area contributed by atoms with Crippen LogP contribution >= 0.6 is 0 Å². The van der Waals surface area contributed by atoms with Gasteiger partial charge in [-0.1, -0.05) is 32.9 Å². The van der Waals surface area contributed by atoms with E-state index in [0.717, 1.165) is 5.75 Å². The zero-order valence-corrected chi connectivity index (χ0v) is 17.6. The lowest BCUT2D eigenvalue weighted by Crippen LogP contribution is -2.32. The van der Waals surface area contributed by atoms with Crippen molar-refractivity contribution in [3.8, 4) is 5.75 Å². The van der Waals surface area contributed by atoms with Crippen molar-refractivity contribution in [2.45, 2.75) is 26.2 Å². The van der Waals surface area contributed by atoms with E-state index in [-0.39, 0.29) is 17.2 Å². The summed E-state index contributed by atoms with van der Waals surface area (Å²) in [5.74, 6) is 0.324. The number of nitrogens with one attached hydrogen (secondary N) is 2. The minimum absolute atomic E-state index is 0.0958. The summed E-state index contributed by atoms with van der Waals surface area (Å²) in [6.07, 6.45) is 0. The standard InChI is InChI=1S/C23H26N2O5/c1-23(2,3)16-5-8-18(9-6-16)29-12-11-24-22(27)25-17-7-10-19-15(13-17)14-20(30-19)21(26)28-4/h5-10,13-14H,11-12H2,1-4H3,(H2,24,25,27). The van der Waals surface area contributed by atoms with Crippen molar-refractivity contribution >= 4 is 28.7 Å². The molecule has 7 nitrogen and oxygen atoms in total. The molecule has 0 saturated carbocycles. The van der Waals surface area contributed by atoms with Gasteiger partial charge in [-0.05, 0) is 47.4 Å². The van der Waals surface area contributed by atoms with Crippen molar-refractivity contribution in [3.63, 3.8) is 0 Å². The van der Waals surface area contributed by atoms with E-state index >= 15 is 0 Å². The van der Waals surface area contributed by atoms with E-state index in [1.807, 2.05) is 24.3 Å². The molecule has 0 spiro atoms. The van der Waals surface area contributed by atoms with E-state index < -0.39 is 5.97 Å². The van der Waals surface area contributed by atoms with Crippen molar-refractivity contribution < 1.29 is 23.5 Å². The van der Waals surface area contributed by atoms with Gasteiger partial charge in [0.15, 0.2) is 0 Å². The van der Waals surface area contributed by atoms with Gasteiger partial charge in [0.2, 0.25) is 5.76 Å². The number of hydrogen-bond donors (Lipinski definition) is 2. The summed E-state index contributed by atoms with van der Waals surface area (Å²) in [5, 5.41) is 6.18. The van der Waals surface area contributed by atoms with E-state index in [1.165, 1.54) is 12.7 Å². The number of ether oxygens (including phenoxy) is 2. The van der Waals surface area contributed by atoms with Gasteiger partial charge in [0.1, 0.15) is 17.9 Å². The van der Waals surface area contributed by atoms with Gasteiger partial charge in [-0.25, -0.2) is 9.59 Å². The van der Waals surface area contributed by atoms with Crippen LogP contribution in [-0.4, -0.2) is 32.3 Å². The fraction of sp³-hybridized carbons (Fsp3) is 0.304. The maximum atomic E-state index is 12.1. The first-order valence-electron chi connectivity index (χ1n) is 9.66. The van der Waals surface area contributed by atoms with E-state index in [0.29, 0.717) is 29.8 Å². The lowest BCUT2D eigenvalue weighted by molar-refractivity contribution is 0.0567. The number of benzene rings is 2. The second kappa shape index (κ2) is 8.90. The van der Waals surface area contributed by atoms with Gasteiger partial charge >= 0.3 is 12.0 Å². The molecule has 0 aliphatic heterocycles. The minimum Gasteiger partial charge on any atom is -0.492 e. The van der Waals surface area contributed by atoms with Gasteiger partial charge in [-0.3, -0.25) is 0 Å². The SMILES string of the molecule is COC(=O)c1cc2cc(NC(=O)NCCOc3ccc(C(C)(C)C)cc3)ccc2o1. The van der Waals surface area contributed by atoms with Gasteiger partial charge in [0.05, 0.1) is 13.7 Å². The van der Waals surface area contributed by atoms with Crippen LogP contribution in [0.15, 0.2) is 52.9 Å². The quantitative estimate of drug-likeness (QED) is 0.453. The van der Waals surface area contributed by atoms with Gasteiger partial charge in [0.25, 0.3) is 0 Å². The fourth-order valence-electron chi connectivity index (χ4n) is 2.88. The summed E-state index contributed by atoms with van der Waals surface area (Å²) < 4.78 is 15.7. The number of anilines is 1. The molecule has 0 atom stereocenters. The summed E-state index contributed by atoms with van der Waals surface area (Å²) in [7, 11) is 1.29. The number of carbonyl (C=O) groups is 2. The minimum atomic E-state index is -0.550. The molecule has 2 amide bonds. The van der Waals surface area contributed by atoms with Gasteiger partial charge in [-0.15, -0.1) is 0 Å². The highest BCUT2D eigenvalue weighted by Gasteiger charge is 2.14. The number of carbonyl (C=O) groups excluding carboxylic acids is 2. The molecule has 158 valence electrons. The third-order valence-corrected chi connectivity index (χ3v) is 4.54. The maximum absolute atomic E-state index is 12.1. The predicted molar refractivity (Wildman–Crippen MR) is 115 cm³/mol. The van der Waals surface area contributed by atoms with Crippen LogP contribution in [0.1, 0.15) is 36.9 Å². The highest BCUT2D eigenvalue weighted by atomic mass is 16.5. The number of amides is 2. The summed E-state index contributed by atoms with van der Waals surface area (Å²) in [6.45, 7) is 7.19. The van der Waals surface area contributed by atoms with Gasteiger partial charge in [-0.2, -0.15) is 0 Å². The molecule has 3 rings (SSSR count). The van der Waals surface area contributed by atoms with Crippen LogP contribution in [0.25, 0.3) is 11.0 Å². The lowest BCUT2D eigenvalue weighted by atomic mass is 9.87. The van der Waals surface area contributed by atoms with Crippen LogP contribution in [0.4, 0.5) is 10.5 Å². The van der Waals surface area contributed by atoms with Crippen LogP contribution in [0.2, 0.25) is 0 Å². The average molecular weight is 410 g/mol.